The number of amides is 1. The SMILES string of the molecule is CCCS(=O)(=O)N1CCCc2cc(NC(=O)c3cc(OC)ccc3Br)ccc21. The van der Waals surface area contributed by atoms with Crippen molar-refractivity contribution in [3.8, 4) is 5.75 Å². The van der Waals surface area contributed by atoms with Crippen LogP contribution in [0.4, 0.5) is 11.4 Å². The minimum absolute atomic E-state index is 0.134. The predicted molar refractivity (Wildman–Crippen MR) is 115 cm³/mol. The number of anilines is 2. The Bertz CT molecular complexity index is 992. The minimum Gasteiger partial charge on any atom is -0.497 e. The first kappa shape index (κ1) is 20.7. The zero-order chi connectivity index (χ0) is 20.3. The maximum Gasteiger partial charge on any atom is 0.256 e. The van der Waals surface area contributed by atoms with Gasteiger partial charge in [0.1, 0.15) is 5.75 Å². The molecule has 0 radical (unpaired) electrons. The van der Waals surface area contributed by atoms with E-state index in [2.05, 4.69) is 21.2 Å². The zero-order valence-electron chi connectivity index (χ0n) is 15.9. The van der Waals surface area contributed by atoms with Crippen LogP contribution in [0.3, 0.4) is 0 Å². The van der Waals surface area contributed by atoms with Gasteiger partial charge in [-0.1, -0.05) is 6.92 Å². The van der Waals surface area contributed by atoms with Crippen LogP contribution < -0.4 is 14.4 Å². The van der Waals surface area contributed by atoms with Gasteiger partial charge in [-0.25, -0.2) is 8.42 Å². The zero-order valence-corrected chi connectivity index (χ0v) is 18.3. The van der Waals surface area contributed by atoms with Gasteiger partial charge in [-0.2, -0.15) is 0 Å². The van der Waals surface area contributed by atoms with Crippen LogP contribution in [0.5, 0.6) is 5.75 Å². The Morgan fingerprint density at radius 1 is 1.25 bits per heavy atom. The largest absolute Gasteiger partial charge is 0.497 e. The number of benzene rings is 2. The van der Waals surface area contributed by atoms with Crippen molar-refractivity contribution >= 4 is 43.2 Å². The number of methoxy groups -OCH3 is 1. The van der Waals surface area contributed by atoms with Crippen molar-refractivity contribution in [1.29, 1.82) is 0 Å². The maximum absolute atomic E-state index is 12.7. The molecule has 0 unspecified atom stereocenters. The molecule has 2 aromatic rings. The first-order valence-corrected chi connectivity index (χ1v) is 11.5. The molecule has 0 fully saturated rings. The summed E-state index contributed by atoms with van der Waals surface area (Å²) in [4.78, 5) is 12.7. The molecular weight excluding hydrogens is 444 g/mol. The molecule has 1 N–H and O–H groups in total. The van der Waals surface area contributed by atoms with Crippen molar-refractivity contribution in [3.63, 3.8) is 0 Å². The van der Waals surface area contributed by atoms with Gasteiger partial charge in [0.25, 0.3) is 5.91 Å². The molecule has 28 heavy (non-hydrogen) atoms. The van der Waals surface area contributed by atoms with Crippen molar-refractivity contribution in [2.75, 3.05) is 29.0 Å². The van der Waals surface area contributed by atoms with E-state index in [4.69, 9.17) is 4.74 Å². The number of carbonyl (C=O) groups is 1. The molecule has 6 nitrogen and oxygen atoms in total. The van der Waals surface area contributed by atoms with Crippen LogP contribution in [-0.2, 0) is 16.4 Å². The molecule has 0 bridgehead atoms. The van der Waals surface area contributed by atoms with Crippen molar-refractivity contribution in [1.82, 2.24) is 0 Å². The summed E-state index contributed by atoms with van der Waals surface area (Å²) < 4.78 is 32.4. The van der Waals surface area contributed by atoms with Gasteiger partial charge in [-0.3, -0.25) is 9.10 Å². The Morgan fingerprint density at radius 3 is 2.75 bits per heavy atom. The minimum atomic E-state index is -3.31. The fraction of sp³-hybridized carbons (Fsp3) is 0.350. The van der Waals surface area contributed by atoms with E-state index in [1.54, 1.807) is 37.4 Å². The quantitative estimate of drug-likeness (QED) is 0.691. The molecule has 0 aromatic heterocycles. The number of nitrogens with one attached hydrogen (secondary N) is 1. The summed E-state index contributed by atoms with van der Waals surface area (Å²) in [5.74, 6) is 0.460. The third-order valence-corrected chi connectivity index (χ3v) is 7.30. The van der Waals surface area contributed by atoms with Crippen LogP contribution in [0.25, 0.3) is 0 Å². The second kappa shape index (κ2) is 8.53. The van der Waals surface area contributed by atoms with E-state index in [1.165, 1.54) is 4.31 Å². The Kier molecular flexibility index (Phi) is 6.30. The molecule has 3 rings (SSSR count). The number of halogens is 1. The second-order valence-corrected chi connectivity index (χ2v) is 9.50. The molecule has 1 aliphatic heterocycles. The highest BCUT2D eigenvalue weighted by Crippen LogP contribution is 2.32. The summed E-state index contributed by atoms with van der Waals surface area (Å²) in [6.07, 6.45) is 2.12. The summed E-state index contributed by atoms with van der Waals surface area (Å²) >= 11 is 3.39. The number of hydrogen-bond donors (Lipinski definition) is 1. The first-order chi connectivity index (χ1) is 13.4. The second-order valence-electron chi connectivity index (χ2n) is 6.64. The molecule has 0 atom stereocenters. The van der Waals surface area contributed by atoms with E-state index in [-0.39, 0.29) is 11.7 Å². The van der Waals surface area contributed by atoms with E-state index in [0.717, 1.165) is 18.4 Å². The van der Waals surface area contributed by atoms with Gasteiger partial charge in [-0.15, -0.1) is 0 Å². The average Bonchev–Trinajstić information content (AvgIpc) is 2.67. The molecule has 0 aliphatic carbocycles. The molecule has 150 valence electrons. The molecule has 8 heteroatoms. The van der Waals surface area contributed by atoms with Gasteiger partial charge in [0.2, 0.25) is 10.0 Å². The predicted octanol–water partition coefficient (Wildman–Crippen LogP) is 4.20. The molecule has 2 aromatic carbocycles. The van der Waals surface area contributed by atoms with Crippen molar-refractivity contribution in [2.24, 2.45) is 0 Å². The fourth-order valence-corrected chi connectivity index (χ4v) is 5.35. The fourth-order valence-electron chi connectivity index (χ4n) is 3.30. The van der Waals surface area contributed by atoms with Crippen LogP contribution in [-0.4, -0.2) is 33.7 Å². The maximum atomic E-state index is 12.7. The third-order valence-electron chi connectivity index (χ3n) is 4.63. The Balaban J connectivity index is 1.85. The number of rotatable bonds is 6. The molecule has 1 amide bonds. The lowest BCUT2D eigenvalue weighted by Gasteiger charge is -2.30. The van der Waals surface area contributed by atoms with Crippen LogP contribution in [0.1, 0.15) is 35.7 Å². The molecule has 1 aliphatic rings. The van der Waals surface area contributed by atoms with E-state index in [1.807, 2.05) is 13.0 Å². The van der Waals surface area contributed by atoms with Crippen molar-refractivity contribution < 1.29 is 17.9 Å². The number of aryl methyl sites for hydroxylation is 1. The van der Waals surface area contributed by atoms with E-state index in [0.29, 0.717) is 40.1 Å². The molecule has 0 spiro atoms. The summed E-state index contributed by atoms with van der Waals surface area (Å²) in [6, 6.07) is 10.6. The number of sulfonamides is 1. The van der Waals surface area contributed by atoms with Gasteiger partial charge < -0.3 is 10.1 Å². The third kappa shape index (κ3) is 4.33. The lowest BCUT2D eigenvalue weighted by molar-refractivity contribution is 0.102. The average molecular weight is 467 g/mol. The number of fused-ring (bicyclic) bond motifs is 1. The summed E-state index contributed by atoms with van der Waals surface area (Å²) in [5, 5.41) is 2.89. The van der Waals surface area contributed by atoms with E-state index in [9.17, 15) is 13.2 Å². The number of ether oxygens (including phenoxy) is 1. The standard InChI is InChI=1S/C20H23BrN2O4S/c1-3-11-28(25,26)23-10-4-5-14-12-15(6-9-19(14)23)22-20(24)17-13-16(27-2)7-8-18(17)21/h6-9,12-13H,3-5,10-11H2,1-2H3,(H,22,24). The molecule has 1 heterocycles. The Morgan fingerprint density at radius 2 is 2.04 bits per heavy atom. The summed E-state index contributed by atoms with van der Waals surface area (Å²) in [6.45, 7) is 2.36. The molecular formula is C20H23BrN2O4S. The van der Waals surface area contributed by atoms with Crippen LogP contribution in [0.15, 0.2) is 40.9 Å². The van der Waals surface area contributed by atoms with Crippen molar-refractivity contribution in [2.45, 2.75) is 26.2 Å². The van der Waals surface area contributed by atoms with Gasteiger partial charge >= 0.3 is 0 Å². The van der Waals surface area contributed by atoms with E-state index < -0.39 is 10.0 Å². The number of carbonyl (C=O) groups excluding carboxylic acids is 1. The van der Waals surface area contributed by atoms with Gasteiger partial charge in [0.05, 0.1) is 24.1 Å². The highest BCUT2D eigenvalue weighted by molar-refractivity contribution is 9.10. The topological polar surface area (TPSA) is 75.7 Å². The monoisotopic (exact) mass is 466 g/mol. The van der Waals surface area contributed by atoms with Gasteiger partial charge in [-0.05, 0) is 77.2 Å². The first-order valence-electron chi connectivity index (χ1n) is 9.14. The van der Waals surface area contributed by atoms with Crippen molar-refractivity contribution in [3.05, 3.63) is 52.0 Å². The lowest BCUT2D eigenvalue weighted by Crippen LogP contribution is -2.37. The van der Waals surface area contributed by atoms with Crippen LogP contribution in [0.2, 0.25) is 0 Å². The van der Waals surface area contributed by atoms with Crippen LogP contribution >= 0.6 is 15.9 Å². The lowest BCUT2D eigenvalue weighted by atomic mass is 10.0. The normalized spacial score (nSPS) is 13.8. The number of nitrogens with zero attached hydrogens (tertiary/aromatic N) is 1. The Labute approximate surface area is 174 Å². The smallest absolute Gasteiger partial charge is 0.256 e. The molecule has 0 saturated heterocycles. The molecule has 0 saturated carbocycles. The van der Waals surface area contributed by atoms with Gasteiger partial charge in [0.15, 0.2) is 0 Å². The number of hydrogen-bond acceptors (Lipinski definition) is 4. The summed E-state index contributed by atoms with van der Waals surface area (Å²) in [7, 11) is -1.76. The van der Waals surface area contributed by atoms with Crippen LogP contribution in [0, 0.1) is 0 Å². The van der Waals surface area contributed by atoms with Gasteiger partial charge in [0, 0.05) is 16.7 Å². The summed E-state index contributed by atoms with van der Waals surface area (Å²) in [5.41, 5.74) is 2.73. The van der Waals surface area contributed by atoms with E-state index >= 15 is 0 Å². The Hall–Kier alpha value is -2.06. The highest BCUT2D eigenvalue weighted by Gasteiger charge is 2.27. The highest BCUT2D eigenvalue weighted by atomic mass is 79.9.